The molecule has 1 aliphatic rings. The monoisotopic (exact) mass is 264 g/mol. The first-order valence-corrected chi connectivity index (χ1v) is 7.66. The molecule has 3 nitrogen and oxygen atoms in total. The predicted octanol–water partition coefficient (Wildman–Crippen LogP) is 3.06. The van der Waals surface area contributed by atoms with Crippen LogP contribution < -0.4 is 0 Å². The number of amides is 1. The molecule has 0 spiro atoms. The maximum Gasteiger partial charge on any atom is 0.256 e. The minimum Gasteiger partial charge on any atom is -0.336 e. The fraction of sp³-hybridized carbons (Fsp3) is 0.571. The molecule has 0 aliphatic heterocycles. The summed E-state index contributed by atoms with van der Waals surface area (Å²) in [5, 5.41) is 0.823. The van der Waals surface area contributed by atoms with Crippen LogP contribution in [0.3, 0.4) is 0 Å². The van der Waals surface area contributed by atoms with Crippen molar-refractivity contribution in [2.75, 3.05) is 12.8 Å². The molecule has 0 aromatic carbocycles. The lowest BCUT2D eigenvalue weighted by Crippen LogP contribution is -2.38. The van der Waals surface area contributed by atoms with Crippen LogP contribution in [0.1, 0.15) is 37.0 Å². The van der Waals surface area contributed by atoms with Gasteiger partial charge in [0.15, 0.2) is 0 Å². The summed E-state index contributed by atoms with van der Waals surface area (Å²) in [6.07, 6.45) is 6.22. The van der Waals surface area contributed by atoms with E-state index in [-0.39, 0.29) is 11.9 Å². The largest absolute Gasteiger partial charge is 0.336 e. The van der Waals surface area contributed by atoms with E-state index in [1.54, 1.807) is 6.20 Å². The van der Waals surface area contributed by atoms with Crippen LogP contribution in [0, 0.1) is 5.92 Å². The van der Waals surface area contributed by atoms with Gasteiger partial charge in [-0.1, -0.05) is 0 Å². The number of hydrogen-bond donors (Lipinski definition) is 0. The number of hydrogen-bond acceptors (Lipinski definition) is 3. The molecule has 0 unspecified atom stereocenters. The third kappa shape index (κ3) is 3.05. The summed E-state index contributed by atoms with van der Waals surface area (Å²) in [4.78, 5) is 18.9. The van der Waals surface area contributed by atoms with Gasteiger partial charge < -0.3 is 4.90 Å². The first-order chi connectivity index (χ1) is 8.63. The van der Waals surface area contributed by atoms with Gasteiger partial charge in [-0.05, 0) is 51.0 Å². The molecule has 0 saturated heterocycles. The minimum absolute atomic E-state index is 0.120. The van der Waals surface area contributed by atoms with E-state index >= 15 is 0 Å². The van der Waals surface area contributed by atoms with Crippen molar-refractivity contribution in [1.82, 2.24) is 9.88 Å². The van der Waals surface area contributed by atoms with E-state index in [0.29, 0.717) is 5.92 Å². The normalized spacial score (nSPS) is 14.9. The lowest BCUT2D eigenvalue weighted by atomic mass is 10.2. The van der Waals surface area contributed by atoms with Crippen molar-refractivity contribution in [3.8, 4) is 0 Å². The molecule has 1 heterocycles. The van der Waals surface area contributed by atoms with Crippen molar-refractivity contribution in [1.29, 1.82) is 0 Å². The van der Waals surface area contributed by atoms with Crippen molar-refractivity contribution in [2.45, 2.75) is 37.8 Å². The molecule has 1 aliphatic carbocycles. The van der Waals surface area contributed by atoms with Crippen LogP contribution in [-0.4, -0.2) is 34.6 Å². The van der Waals surface area contributed by atoms with Crippen LogP contribution in [0.5, 0.6) is 0 Å². The van der Waals surface area contributed by atoms with Gasteiger partial charge in [0.25, 0.3) is 5.91 Å². The smallest absolute Gasteiger partial charge is 0.256 e. The van der Waals surface area contributed by atoms with E-state index in [1.807, 2.05) is 23.3 Å². The zero-order chi connectivity index (χ0) is 13.1. The Morgan fingerprint density at radius 3 is 2.83 bits per heavy atom. The van der Waals surface area contributed by atoms with Crippen LogP contribution in [0.4, 0.5) is 0 Å². The topological polar surface area (TPSA) is 33.2 Å². The van der Waals surface area contributed by atoms with Crippen molar-refractivity contribution >= 4 is 17.7 Å². The highest BCUT2D eigenvalue weighted by molar-refractivity contribution is 7.98. The molecule has 1 aromatic rings. The third-order valence-electron chi connectivity index (χ3n) is 3.23. The van der Waals surface area contributed by atoms with Gasteiger partial charge in [-0.25, -0.2) is 4.98 Å². The first-order valence-electron chi connectivity index (χ1n) is 6.43. The molecule has 0 N–H and O–H groups in total. The van der Waals surface area contributed by atoms with Gasteiger partial charge in [0.2, 0.25) is 0 Å². The van der Waals surface area contributed by atoms with Gasteiger partial charge in [-0.3, -0.25) is 4.79 Å². The summed E-state index contributed by atoms with van der Waals surface area (Å²) in [6.45, 7) is 5.05. The SMILES string of the molecule is CSc1ncccc1C(=O)N(CC1CC1)C(C)C. The number of pyridine rings is 1. The molecule has 4 heteroatoms. The second-order valence-electron chi connectivity index (χ2n) is 5.05. The van der Waals surface area contributed by atoms with E-state index in [4.69, 9.17) is 0 Å². The second kappa shape index (κ2) is 5.74. The molecule has 18 heavy (non-hydrogen) atoms. The maximum absolute atomic E-state index is 12.6. The zero-order valence-corrected chi connectivity index (χ0v) is 12.0. The number of aromatic nitrogens is 1. The summed E-state index contributed by atoms with van der Waals surface area (Å²) in [5.74, 6) is 0.833. The predicted molar refractivity (Wildman–Crippen MR) is 74.9 cm³/mol. The maximum atomic E-state index is 12.6. The van der Waals surface area contributed by atoms with E-state index in [9.17, 15) is 4.79 Å². The van der Waals surface area contributed by atoms with Gasteiger partial charge in [-0.15, -0.1) is 11.8 Å². The molecule has 2 rings (SSSR count). The molecule has 1 fully saturated rings. The van der Waals surface area contributed by atoms with E-state index < -0.39 is 0 Å². The third-order valence-corrected chi connectivity index (χ3v) is 3.94. The molecule has 0 bridgehead atoms. The Labute approximate surface area is 113 Å². The molecule has 1 amide bonds. The fourth-order valence-corrected chi connectivity index (χ4v) is 2.52. The Morgan fingerprint density at radius 1 is 1.56 bits per heavy atom. The Bertz CT molecular complexity index is 430. The van der Waals surface area contributed by atoms with Crippen molar-refractivity contribution in [3.05, 3.63) is 23.9 Å². The standard InChI is InChI=1S/C14H20N2OS/c1-10(2)16(9-11-6-7-11)14(17)12-5-4-8-15-13(12)18-3/h4-5,8,10-11H,6-7,9H2,1-3H3. The van der Waals surface area contributed by atoms with Gasteiger partial charge in [-0.2, -0.15) is 0 Å². The highest BCUT2D eigenvalue weighted by Crippen LogP contribution is 2.31. The summed E-state index contributed by atoms with van der Waals surface area (Å²) in [7, 11) is 0. The number of nitrogens with zero attached hydrogens (tertiary/aromatic N) is 2. The van der Waals surface area contributed by atoms with Crippen LogP contribution in [0.15, 0.2) is 23.4 Å². The highest BCUT2D eigenvalue weighted by atomic mass is 32.2. The molecule has 0 radical (unpaired) electrons. The average molecular weight is 264 g/mol. The number of rotatable bonds is 5. The van der Waals surface area contributed by atoms with E-state index in [0.717, 1.165) is 17.1 Å². The number of thioether (sulfide) groups is 1. The Morgan fingerprint density at radius 2 is 2.28 bits per heavy atom. The Hall–Kier alpha value is -1.03. The lowest BCUT2D eigenvalue weighted by molar-refractivity contribution is 0.0692. The first kappa shape index (κ1) is 13.4. The van der Waals surface area contributed by atoms with Crippen molar-refractivity contribution < 1.29 is 4.79 Å². The molecule has 98 valence electrons. The number of carbonyl (C=O) groups is 1. The van der Waals surface area contributed by atoms with Gasteiger partial charge in [0, 0.05) is 18.8 Å². The Balaban J connectivity index is 2.20. The van der Waals surface area contributed by atoms with Crippen LogP contribution in [-0.2, 0) is 0 Å². The summed E-state index contributed by atoms with van der Waals surface area (Å²) >= 11 is 1.53. The van der Waals surface area contributed by atoms with Gasteiger partial charge >= 0.3 is 0 Å². The van der Waals surface area contributed by atoms with Gasteiger partial charge in [0.05, 0.1) is 5.56 Å². The summed E-state index contributed by atoms with van der Waals surface area (Å²) in [5.41, 5.74) is 0.736. The average Bonchev–Trinajstić information content (AvgIpc) is 3.18. The van der Waals surface area contributed by atoms with E-state index in [2.05, 4.69) is 18.8 Å². The fourth-order valence-electron chi connectivity index (χ4n) is 1.98. The van der Waals surface area contributed by atoms with Crippen molar-refractivity contribution in [3.63, 3.8) is 0 Å². The van der Waals surface area contributed by atoms with Crippen LogP contribution >= 0.6 is 11.8 Å². The quantitative estimate of drug-likeness (QED) is 0.766. The van der Waals surface area contributed by atoms with Gasteiger partial charge in [0.1, 0.15) is 5.03 Å². The van der Waals surface area contributed by atoms with E-state index in [1.165, 1.54) is 24.6 Å². The van der Waals surface area contributed by atoms with Crippen LogP contribution in [0.2, 0.25) is 0 Å². The van der Waals surface area contributed by atoms with Crippen molar-refractivity contribution in [2.24, 2.45) is 5.92 Å². The zero-order valence-electron chi connectivity index (χ0n) is 11.2. The molecule has 0 atom stereocenters. The number of carbonyl (C=O) groups excluding carboxylic acids is 1. The highest BCUT2D eigenvalue weighted by Gasteiger charge is 2.29. The molecular weight excluding hydrogens is 244 g/mol. The van der Waals surface area contributed by atoms with Crippen LogP contribution in [0.25, 0.3) is 0 Å². The summed E-state index contributed by atoms with van der Waals surface area (Å²) < 4.78 is 0. The minimum atomic E-state index is 0.120. The lowest BCUT2D eigenvalue weighted by Gasteiger charge is -2.27. The molecular formula is C14H20N2OS. The summed E-state index contributed by atoms with van der Waals surface area (Å²) in [6, 6.07) is 3.96. The molecule has 1 saturated carbocycles. The second-order valence-corrected chi connectivity index (χ2v) is 5.85. The molecule has 1 aromatic heterocycles. The Kier molecular flexibility index (Phi) is 4.27.